The first-order chi connectivity index (χ1) is 14.3. The minimum atomic E-state index is -0.346. The molecule has 0 amide bonds. The number of para-hydroxylation sites is 2. The number of hydrogen-bond donors (Lipinski definition) is 1. The zero-order valence-electron chi connectivity index (χ0n) is 16.1. The molecule has 4 rings (SSSR count). The zero-order chi connectivity index (χ0) is 20.1. The summed E-state index contributed by atoms with van der Waals surface area (Å²) < 4.78 is 5.10. The molecule has 1 heterocycles. The number of aliphatic imine (C=N–C) groups is 1. The summed E-state index contributed by atoms with van der Waals surface area (Å²) in [5, 5.41) is 0. The molecule has 0 saturated carbocycles. The van der Waals surface area contributed by atoms with Crippen molar-refractivity contribution in [2.45, 2.75) is 12.5 Å². The lowest BCUT2D eigenvalue weighted by Gasteiger charge is -2.44. The minimum Gasteiger partial charge on any atom is -0.461 e. The maximum Gasteiger partial charge on any atom is 0.338 e. The zero-order valence-corrected chi connectivity index (χ0v) is 16.1. The maximum absolute atomic E-state index is 12.0. The number of hydrogen-bond acceptors (Lipinski definition) is 4. The molecule has 1 aliphatic heterocycles. The van der Waals surface area contributed by atoms with Crippen molar-refractivity contribution in [3.05, 3.63) is 96.1 Å². The molecule has 3 aromatic rings. The highest BCUT2D eigenvalue weighted by molar-refractivity contribution is 6.06. The van der Waals surface area contributed by atoms with Crippen molar-refractivity contribution in [3.63, 3.8) is 0 Å². The lowest BCUT2D eigenvalue weighted by atomic mass is 9.91. The van der Waals surface area contributed by atoms with Crippen molar-refractivity contribution >= 4 is 23.2 Å². The van der Waals surface area contributed by atoms with E-state index in [1.807, 2.05) is 72.8 Å². The van der Waals surface area contributed by atoms with Crippen molar-refractivity contribution < 1.29 is 9.53 Å². The molecule has 3 aromatic carbocycles. The Hall–Kier alpha value is -3.44. The summed E-state index contributed by atoms with van der Waals surface area (Å²) in [5.41, 5.74) is 9.10. The number of anilines is 1. The minimum absolute atomic E-state index is 0.175. The fraction of sp³-hybridized carbons (Fsp3) is 0.167. The number of carbonyl (C=O) groups is 1. The van der Waals surface area contributed by atoms with Gasteiger partial charge in [-0.3, -0.25) is 0 Å². The summed E-state index contributed by atoms with van der Waals surface area (Å²) in [6.07, 6.45) is 0.834. The highest BCUT2D eigenvalue weighted by Crippen LogP contribution is 2.40. The smallest absolute Gasteiger partial charge is 0.338 e. The van der Waals surface area contributed by atoms with Crippen molar-refractivity contribution in [3.8, 4) is 0 Å². The van der Waals surface area contributed by atoms with Crippen molar-refractivity contribution in [1.82, 2.24) is 0 Å². The van der Waals surface area contributed by atoms with Gasteiger partial charge in [0.1, 0.15) is 12.4 Å². The van der Waals surface area contributed by atoms with Crippen molar-refractivity contribution in [2.75, 3.05) is 18.1 Å². The SMILES string of the molecule is NCCOC(=O)c1ccc(C2C/C(=N\c3ccccc3)N2c2ccccc2)cc1. The molecule has 2 N–H and O–H groups in total. The normalized spacial score (nSPS) is 17.1. The van der Waals surface area contributed by atoms with Crippen molar-refractivity contribution in [2.24, 2.45) is 10.7 Å². The van der Waals surface area contributed by atoms with E-state index in [0.29, 0.717) is 12.1 Å². The van der Waals surface area contributed by atoms with E-state index in [1.165, 1.54) is 0 Å². The monoisotopic (exact) mass is 385 g/mol. The summed E-state index contributed by atoms with van der Waals surface area (Å²) >= 11 is 0. The summed E-state index contributed by atoms with van der Waals surface area (Å²) in [5.74, 6) is 0.681. The highest BCUT2D eigenvalue weighted by atomic mass is 16.5. The Bertz CT molecular complexity index is 986. The van der Waals surface area contributed by atoms with Gasteiger partial charge in [-0.25, -0.2) is 9.79 Å². The van der Waals surface area contributed by atoms with Gasteiger partial charge in [-0.05, 0) is 42.0 Å². The Morgan fingerprint density at radius 1 is 0.966 bits per heavy atom. The molecule has 1 aliphatic rings. The van der Waals surface area contributed by atoms with E-state index in [9.17, 15) is 4.79 Å². The number of benzene rings is 3. The van der Waals surface area contributed by atoms with Crippen LogP contribution in [-0.4, -0.2) is 25.0 Å². The average Bonchev–Trinajstić information content (AvgIpc) is 2.76. The average molecular weight is 385 g/mol. The van der Waals surface area contributed by atoms with Crippen LogP contribution in [0.5, 0.6) is 0 Å². The molecule has 0 aromatic heterocycles. The summed E-state index contributed by atoms with van der Waals surface area (Å²) in [6.45, 7) is 0.547. The quantitative estimate of drug-likeness (QED) is 0.635. The van der Waals surface area contributed by atoms with Crippen LogP contribution in [0.15, 0.2) is 89.9 Å². The van der Waals surface area contributed by atoms with Gasteiger partial charge in [-0.2, -0.15) is 0 Å². The third-order valence-electron chi connectivity index (χ3n) is 4.90. The standard InChI is InChI=1S/C24H23N3O2/c25-15-16-29-24(28)19-13-11-18(12-14-19)22-17-23(26-20-7-3-1-4-8-20)27(22)21-9-5-2-6-10-21/h1-14,22H,15-17,25H2/b26-23+. The molecule has 0 bridgehead atoms. The molecule has 0 aliphatic carbocycles. The number of carbonyl (C=O) groups excluding carboxylic acids is 1. The summed E-state index contributed by atoms with van der Waals surface area (Å²) in [7, 11) is 0. The van der Waals surface area contributed by atoms with Gasteiger partial charge in [-0.1, -0.05) is 48.5 Å². The first-order valence-corrected chi connectivity index (χ1v) is 9.70. The van der Waals surface area contributed by atoms with Crippen LogP contribution in [0.25, 0.3) is 0 Å². The fourth-order valence-corrected chi connectivity index (χ4v) is 3.44. The van der Waals surface area contributed by atoms with Gasteiger partial charge in [-0.15, -0.1) is 0 Å². The molecule has 1 unspecified atom stereocenters. The molecular weight excluding hydrogens is 362 g/mol. The van der Waals surface area contributed by atoms with E-state index >= 15 is 0 Å². The van der Waals surface area contributed by atoms with Crippen LogP contribution in [0.4, 0.5) is 11.4 Å². The number of esters is 1. The maximum atomic E-state index is 12.0. The Morgan fingerprint density at radius 3 is 2.28 bits per heavy atom. The van der Waals surface area contributed by atoms with Crippen molar-refractivity contribution in [1.29, 1.82) is 0 Å². The van der Waals surface area contributed by atoms with E-state index in [1.54, 1.807) is 0 Å². The fourth-order valence-electron chi connectivity index (χ4n) is 3.44. The van der Waals surface area contributed by atoms with Crippen LogP contribution in [0, 0.1) is 0 Å². The molecule has 1 saturated heterocycles. The van der Waals surface area contributed by atoms with Gasteiger partial charge in [0.25, 0.3) is 0 Å². The number of amidine groups is 1. The van der Waals surface area contributed by atoms with Crippen LogP contribution in [0.2, 0.25) is 0 Å². The Morgan fingerprint density at radius 2 is 1.62 bits per heavy atom. The topological polar surface area (TPSA) is 67.9 Å². The lowest BCUT2D eigenvalue weighted by molar-refractivity contribution is 0.0516. The van der Waals surface area contributed by atoms with Gasteiger partial charge in [0.15, 0.2) is 0 Å². The summed E-state index contributed by atoms with van der Waals surface area (Å²) in [6, 6.07) is 28.0. The Labute approximate surface area is 170 Å². The number of nitrogens with two attached hydrogens (primary N) is 1. The van der Waals surface area contributed by atoms with E-state index in [-0.39, 0.29) is 18.6 Å². The Kier molecular flexibility index (Phi) is 5.68. The van der Waals surface area contributed by atoms with Crippen LogP contribution in [-0.2, 0) is 4.74 Å². The lowest BCUT2D eigenvalue weighted by Crippen LogP contribution is -2.46. The summed E-state index contributed by atoms with van der Waals surface area (Å²) in [4.78, 5) is 19.1. The molecule has 0 radical (unpaired) electrons. The molecule has 0 spiro atoms. The number of rotatable bonds is 6. The Balaban J connectivity index is 1.58. The molecule has 146 valence electrons. The van der Waals surface area contributed by atoms with Gasteiger partial charge in [0, 0.05) is 18.7 Å². The second-order valence-electron chi connectivity index (χ2n) is 6.84. The van der Waals surface area contributed by atoms with Gasteiger partial charge >= 0.3 is 5.97 Å². The molecule has 1 atom stereocenters. The van der Waals surface area contributed by atoms with Crippen LogP contribution < -0.4 is 10.6 Å². The largest absolute Gasteiger partial charge is 0.461 e. The van der Waals surface area contributed by atoms with Gasteiger partial charge in [0.2, 0.25) is 0 Å². The van der Waals surface area contributed by atoms with E-state index in [2.05, 4.69) is 17.0 Å². The molecule has 5 nitrogen and oxygen atoms in total. The van der Waals surface area contributed by atoms with E-state index < -0.39 is 0 Å². The predicted molar refractivity (Wildman–Crippen MR) is 116 cm³/mol. The van der Waals surface area contributed by atoms with Crippen LogP contribution in [0.3, 0.4) is 0 Å². The number of nitrogens with zero attached hydrogens (tertiary/aromatic N) is 2. The first kappa shape index (κ1) is 18.9. The third-order valence-corrected chi connectivity index (χ3v) is 4.90. The molecule has 29 heavy (non-hydrogen) atoms. The number of ether oxygens (including phenoxy) is 1. The molecular formula is C24H23N3O2. The second kappa shape index (κ2) is 8.71. The van der Waals surface area contributed by atoms with Crippen LogP contribution >= 0.6 is 0 Å². The first-order valence-electron chi connectivity index (χ1n) is 9.70. The van der Waals surface area contributed by atoms with Crippen LogP contribution in [0.1, 0.15) is 28.4 Å². The third kappa shape index (κ3) is 4.20. The van der Waals surface area contributed by atoms with Gasteiger partial charge in [0.05, 0.1) is 17.3 Å². The van der Waals surface area contributed by atoms with E-state index in [0.717, 1.165) is 29.2 Å². The second-order valence-corrected chi connectivity index (χ2v) is 6.84. The highest BCUT2D eigenvalue weighted by Gasteiger charge is 2.36. The van der Waals surface area contributed by atoms with Gasteiger partial charge < -0.3 is 15.4 Å². The molecule has 1 fully saturated rings. The molecule has 5 heteroatoms. The van der Waals surface area contributed by atoms with E-state index in [4.69, 9.17) is 15.5 Å². The predicted octanol–water partition coefficient (Wildman–Crippen LogP) is 4.48.